The Morgan fingerprint density at radius 2 is 1.73 bits per heavy atom. The maximum absolute atomic E-state index is 12.8. The summed E-state index contributed by atoms with van der Waals surface area (Å²) in [6, 6.07) is 20.3. The summed E-state index contributed by atoms with van der Waals surface area (Å²) < 4.78 is 27.4. The fourth-order valence-corrected chi connectivity index (χ4v) is 4.98. The third-order valence-electron chi connectivity index (χ3n) is 5.90. The number of fused-ring (bicyclic) bond motifs is 1. The Labute approximate surface area is 192 Å². The number of sulfonamides is 1. The predicted octanol–water partition coefficient (Wildman–Crippen LogP) is 4.48. The van der Waals surface area contributed by atoms with Crippen molar-refractivity contribution >= 4 is 38.3 Å². The predicted molar refractivity (Wildman–Crippen MR) is 127 cm³/mol. The normalized spacial score (nSPS) is 17.5. The summed E-state index contributed by atoms with van der Waals surface area (Å²) in [6.45, 7) is 2.05. The van der Waals surface area contributed by atoms with Crippen molar-refractivity contribution in [3.8, 4) is 0 Å². The SMILES string of the molecule is Cc1cccc2ccc(NC(=O)[C@@H]3CC3c3ccc(S(=O)(=O)Nc4ncccn4)cc3)cc12. The van der Waals surface area contributed by atoms with Gasteiger partial charge in [-0.3, -0.25) is 4.79 Å². The van der Waals surface area contributed by atoms with E-state index in [2.05, 4.69) is 39.1 Å². The van der Waals surface area contributed by atoms with Gasteiger partial charge in [0, 0.05) is 24.0 Å². The minimum Gasteiger partial charge on any atom is -0.326 e. The quantitative estimate of drug-likeness (QED) is 0.444. The summed E-state index contributed by atoms with van der Waals surface area (Å²) in [6.07, 6.45) is 3.66. The maximum Gasteiger partial charge on any atom is 0.264 e. The Morgan fingerprint density at radius 3 is 2.48 bits per heavy atom. The van der Waals surface area contributed by atoms with Crippen LogP contribution < -0.4 is 10.0 Å². The standard InChI is InChI=1S/C25H22N4O3S/c1-16-4-2-5-17-6-9-19(14-21(16)17)28-24(30)23-15-22(23)18-7-10-20(11-8-18)33(31,32)29-25-26-12-3-13-27-25/h2-14,22-23H,15H2,1H3,(H,28,30)(H,26,27,29)/t22?,23-/m1/s1. The largest absolute Gasteiger partial charge is 0.326 e. The number of aryl methyl sites for hydroxylation is 1. The molecule has 0 aliphatic heterocycles. The molecule has 0 bridgehead atoms. The van der Waals surface area contributed by atoms with E-state index < -0.39 is 10.0 Å². The van der Waals surface area contributed by atoms with Crippen molar-refractivity contribution in [1.82, 2.24) is 9.97 Å². The first kappa shape index (κ1) is 21.1. The molecule has 1 heterocycles. The molecule has 0 spiro atoms. The lowest BCUT2D eigenvalue weighted by atomic mass is 10.0. The van der Waals surface area contributed by atoms with E-state index >= 15 is 0 Å². The first-order valence-electron chi connectivity index (χ1n) is 10.6. The Hall–Kier alpha value is -3.78. The molecule has 1 aliphatic rings. The van der Waals surface area contributed by atoms with Gasteiger partial charge in [-0.15, -0.1) is 0 Å². The van der Waals surface area contributed by atoms with Gasteiger partial charge in [0.1, 0.15) is 0 Å². The highest BCUT2D eigenvalue weighted by atomic mass is 32.2. The van der Waals surface area contributed by atoms with E-state index in [1.807, 2.05) is 24.3 Å². The minimum atomic E-state index is -3.78. The van der Waals surface area contributed by atoms with Gasteiger partial charge in [0.25, 0.3) is 10.0 Å². The number of benzene rings is 3. The molecule has 1 aromatic heterocycles. The first-order valence-corrected chi connectivity index (χ1v) is 12.1. The van der Waals surface area contributed by atoms with Gasteiger partial charge in [0.05, 0.1) is 4.90 Å². The second-order valence-electron chi connectivity index (χ2n) is 8.20. The van der Waals surface area contributed by atoms with Crippen molar-refractivity contribution in [3.05, 3.63) is 90.3 Å². The number of carbonyl (C=O) groups is 1. The van der Waals surface area contributed by atoms with Crippen molar-refractivity contribution in [3.63, 3.8) is 0 Å². The molecular formula is C25H22N4O3S. The second kappa shape index (κ2) is 8.29. The molecule has 0 saturated heterocycles. The number of aromatic nitrogens is 2. The summed E-state index contributed by atoms with van der Waals surface area (Å²) in [7, 11) is -3.78. The Bertz CT molecular complexity index is 1440. The average molecular weight is 459 g/mol. The number of nitrogens with one attached hydrogen (secondary N) is 2. The van der Waals surface area contributed by atoms with Gasteiger partial charge in [-0.2, -0.15) is 0 Å². The molecule has 2 atom stereocenters. The lowest BCUT2D eigenvalue weighted by Crippen LogP contribution is -2.15. The lowest BCUT2D eigenvalue weighted by Gasteiger charge is -2.09. The molecule has 1 fully saturated rings. The third kappa shape index (κ3) is 4.42. The maximum atomic E-state index is 12.8. The van der Waals surface area contributed by atoms with Crippen LogP contribution in [-0.2, 0) is 14.8 Å². The van der Waals surface area contributed by atoms with Crippen LogP contribution in [0.1, 0.15) is 23.5 Å². The summed E-state index contributed by atoms with van der Waals surface area (Å²) >= 11 is 0. The van der Waals surface area contributed by atoms with Crippen molar-refractivity contribution in [1.29, 1.82) is 0 Å². The number of hydrogen-bond donors (Lipinski definition) is 2. The molecule has 1 unspecified atom stereocenters. The Morgan fingerprint density at radius 1 is 0.970 bits per heavy atom. The van der Waals surface area contributed by atoms with Gasteiger partial charge in [0.15, 0.2) is 0 Å². The van der Waals surface area contributed by atoms with Crippen LogP contribution in [0.25, 0.3) is 10.8 Å². The molecule has 4 aromatic rings. The zero-order chi connectivity index (χ0) is 23.0. The number of anilines is 2. The van der Waals surface area contributed by atoms with Gasteiger partial charge >= 0.3 is 0 Å². The summed E-state index contributed by atoms with van der Waals surface area (Å²) in [5, 5.41) is 5.29. The number of carbonyl (C=O) groups excluding carboxylic acids is 1. The second-order valence-corrected chi connectivity index (χ2v) is 9.88. The molecule has 1 saturated carbocycles. The van der Waals surface area contributed by atoms with E-state index in [0.29, 0.717) is 0 Å². The van der Waals surface area contributed by atoms with Gasteiger partial charge in [-0.05, 0) is 71.5 Å². The summed E-state index contributed by atoms with van der Waals surface area (Å²) in [5.74, 6) is -0.0536. The van der Waals surface area contributed by atoms with Gasteiger partial charge in [-0.1, -0.05) is 36.4 Å². The van der Waals surface area contributed by atoms with E-state index in [9.17, 15) is 13.2 Å². The van der Waals surface area contributed by atoms with Crippen LogP contribution >= 0.6 is 0 Å². The van der Waals surface area contributed by atoms with Gasteiger partial charge in [-0.25, -0.2) is 23.1 Å². The van der Waals surface area contributed by atoms with E-state index in [1.165, 1.54) is 12.4 Å². The molecule has 7 nitrogen and oxygen atoms in total. The van der Waals surface area contributed by atoms with Crippen LogP contribution in [-0.4, -0.2) is 24.3 Å². The molecule has 166 valence electrons. The zero-order valence-corrected chi connectivity index (χ0v) is 18.7. The number of hydrogen-bond acceptors (Lipinski definition) is 5. The van der Waals surface area contributed by atoms with Crippen molar-refractivity contribution in [2.45, 2.75) is 24.2 Å². The number of amides is 1. The lowest BCUT2D eigenvalue weighted by molar-refractivity contribution is -0.117. The highest BCUT2D eigenvalue weighted by Crippen LogP contribution is 2.48. The fraction of sp³-hybridized carbons (Fsp3) is 0.160. The molecule has 8 heteroatoms. The van der Waals surface area contributed by atoms with E-state index in [4.69, 9.17) is 0 Å². The molecule has 2 N–H and O–H groups in total. The van der Waals surface area contributed by atoms with Crippen LogP contribution in [0.2, 0.25) is 0 Å². The summed E-state index contributed by atoms with van der Waals surface area (Å²) in [5.41, 5.74) is 2.89. The van der Waals surface area contributed by atoms with Crippen LogP contribution in [0.4, 0.5) is 11.6 Å². The van der Waals surface area contributed by atoms with Gasteiger partial charge < -0.3 is 5.32 Å². The topological polar surface area (TPSA) is 101 Å². The fourth-order valence-electron chi connectivity index (χ4n) is 4.02. The van der Waals surface area contributed by atoms with Crippen LogP contribution in [0.3, 0.4) is 0 Å². The highest BCUT2D eigenvalue weighted by Gasteiger charge is 2.44. The third-order valence-corrected chi connectivity index (χ3v) is 7.25. The first-order chi connectivity index (χ1) is 15.9. The zero-order valence-electron chi connectivity index (χ0n) is 17.9. The van der Waals surface area contributed by atoms with Crippen molar-refractivity contribution in [2.75, 3.05) is 10.0 Å². The Balaban J connectivity index is 1.25. The van der Waals surface area contributed by atoms with E-state index in [-0.39, 0.29) is 28.6 Å². The number of rotatable bonds is 6. The summed E-state index contributed by atoms with van der Waals surface area (Å²) in [4.78, 5) is 20.7. The molecule has 3 aromatic carbocycles. The smallest absolute Gasteiger partial charge is 0.264 e. The molecule has 33 heavy (non-hydrogen) atoms. The number of nitrogens with zero attached hydrogens (tertiary/aromatic N) is 2. The average Bonchev–Trinajstić information content (AvgIpc) is 3.61. The highest BCUT2D eigenvalue weighted by molar-refractivity contribution is 7.92. The van der Waals surface area contributed by atoms with Crippen LogP contribution in [0.15, 0.2) is 84.0 Å². The molecule has 1 amide bonds. The Kier molecular flexibility index (Phi) is 5.30. The van der Waals surface area contributed by atoms with Gasteiger partial charge in [0.2, 0.25) is 11.9 Å². The monoisotopic (exact) mass is 458 g/mol. The van der Waals surface area contributed by atoms with Crippen molar-refractivity contribution in [2.24, 2.45) is 5.92 Å². The molecule has 5 rings (SSSR count). The molecule has 1 aliphatic carbocycles. The van der Waals surface area contributed by atoms with E-state index in [0.717, 1.165) is 34.0 Å². The van der Waals surface area contributed by atoms with Crippen LogP contribution in [0.5, 0.6) is 0 Å². The van der Waals surface area contributed by atoms with Crippen molar-refractivity contribution < 1.29 is 13.2 Å². The molecule has 0 radical (unpaired) electrons. The van der Waals surface area contributed by atoms with Crippen LogP contribution in [0, 0.1) is 12.8 Å². The minimum absolute atomic E-state index is 0.0180. The van der Waals surface area contributed by atoms with E-state index in [1.54, 1.807) is 30.3 Å². The molecular weight excluding hydrogens is 436 g/mol.